The number of amides is 2. The molecule has 0 saturated heterocycles. The number of nitrogens with zero attached hydrogens (tertiary/aromatic N) is 3. The van der Waals surface area contributed by atoms with E-state index in [2.05, 4.69) is 0 Å². The van der Waals surface area contributed by atoms with E-state index in [1.165, 1.54) is 23.9 Å². The maximum atomic E-state index is 15.9. The average Bonchev–Trinajstić information content (AvgIpc) is 3.30. The number of hydrogen-bond acceptors (Lipinski definition) is 10. The van der Waals surface area contributed by atoms with Crippen LogP contribution in [0.3, 0.4) is 0 Å². The number of nitrogens with two attached hydrogens (primary N) is 1. The molecule has 0 aromatic heterocycles. The molecule has 2 amide bonds. The van der Waals surface area contributed by atoms with Gasteiger partial charge >= 0.3 is 0 Å². The molecule has 12 nitrogen and oxygen atoms in total. The summed E-state index contributed by atoms with van der Waals surface area (Å²) in [6.07, 6.45) is -0.348. The van der Waals surface area contributed by atoms with Crippen LogP contribution in [0.4, 0.5) is 4.39 Å². The standard InChI is InChI=1S/C27H31FN4O8/c1-30(2)9-15(33)32-7-12-13(8-32)21(34)17-11(19(12)28)5-10-6-14-20(31(3)4)23(36)18(26(29)39)25(38)27(14,40)24(37)16(10)22(17)35/h10,14,16,18,20,34,40H,5-9H2,1-4H3,(H2,29,39)/t10-,14-,16?,18?,20-,27-/m0/s1. The number of likely N-dealkylation sites (N-methyl/N-ethyl adjacent to an activating group) is 2. The lowest BCUT2D eigenvalue weighted by molar-refractivity contribution is -0.181. The Labute approximate surface area is 228 Å². The first-order chi connectivity index (χ1) is 18.6. The Hall–Kier alpha value is -3.55. The first-order valence-electron chi connectivity index (χ1n) is 12.9. The first kappa shape index (κ1) is 28.0. The molecule has 2 unspecified atom stereocenters. The van der Waals surface area contributed by atoms with Gasteiger partial charge < -0.3 is 25.7 Å². The van der Waals surface area contributed by atoms with Crippen LogP contribution in [0.15, 0.2) is 0 Å². The summed E-state index contributed by atoms with van der Waals surface area (Å²) >= 11 is 0. The molecule has 2 saturated carbocycles. The number of ketones is 4. The topological polar surface area (TPSA) is 179 Å². The first-order valence-corrected chi connectivity index (χ1v) is 12.9. The number of carbonyl (C=O) groups excluding carboxylic acids is 6. The molecular weight excluding hydrogens is 527 g/mol. The van der Waals surface area contributed by atoms with Crippen molar-refractivity contribution in [2.45, 2.75) is 37.6 Å². The quantitative estimate of drug-likeness (QED) is 0.365. The second-order valence-corrected chi connectivity index (χ2v) is 11.8. The molecular formula is C27H31FN4O8. The van der Waals surface area contributed by atoms with Gasteiger partial charge in [0.2, 0.25) is 11.8 Å². The highest BCUT2D eigenvalue weighted by Gasteiger charge is 2.69. The van der Waals surface area contributed by atoms with E-state index in [9.17, 15) is 39.0 Å². The summed E-state index contributed by atoms with van der Waals surface area (Å²) in [6, 6.07) is -1.24. The van der Waals surface area contributed by atoms with Gasteiger partial charge in [-0.05, 0) is 47.0 Å². The number of aliphatic hydroxyl groups is 1. The number of rotatable bonds is 4. The smallest absolute Gasteiger partial charge is 0.237 e. The van der Waals surface area contributed by atoms with Crippen molar-refractivity contribution in [1.82, 2.24) is 14.7 Å². The lowest BCUT2D eigenvalue weighted by Crippen LogP contribution is -2.74. The monoisotopic (exact) mass is 558 g/mol. The van der Waals surface area contributed by atoms with E-state index in [-0.39, 0.29) is 55.1 Å². The minimum atomic E-state index is -2.85. The van der Waals surface area contributed by atoms with Crippen LogP contribution in [0, 0.1) is 29.5 Å². The molecule has 0 radical (unpaired) electrons. The predicted molar refractivity (Wildman–Crippen MR) is 134 cm³/mol. The molecule has 3 aliphatic carbocycles. The minimum absolute atomic E-state index is 0.0553. The third kappa shape index (κ3) is 3.67. The van der Waals surface area contributed by atoms with Crippen molar-refractivity contribution >= 4 is 34.9 Å². The molecule has 0 spiro atoms. The number of primary amides is 1. The number of halogens is 1. The van der Waals surface area contributed by atoms with Gasteiger partial charge in [0.15, 0.2) is 34.7 Å². The van der Waals surface area contributed by atoms with Crippen molar-refractivity contribution in [3.63, 3.8) is 0 Å². The molecule has 1 aliphatic heterocycles. The van der Waals surface area contributed by atoms with E-state index in [1.54, 1.807) is 19.0 Å². The number of carbonyl (C=O) groups is 6. The van der Waals surface area contributed by atoms with Crippen LogP contribution >= 0.6 is 0 Å². The van der Waals surface area contributed by atoms with E-state index < -0.39 is 81.5 Å². The number of phenolic OH excluding ortho intramolecular Hbond substituents is 1. The van der Waals surface area contributed by atoms with Gasteiger partial charge in [0.1, 0.15) is 11.6 Å². The zero-order valence-electron chi connectivity index (χ0n) is 22.6. The SMILES string of the molecule is CN(C)CC(=O)N1Cc2c(O)c3c(c(F)c2C1)C[C@H]1C[C@H]2[C@H](N(C)C)C(=O)C(C(N)=O)C(=O)[C@@]2(O)C(=O)C1C3=O. The lowest BCUT2D eigenvalue weighted by Gasteiger charge is -2.52. The van der Waals surface area contributed by atoms with Crippen LogP contribution in [-0.4, -0.2) is 106 Å². The summed E-state index contributed by atoms with van der Waals surface area (Å²) < 4.78 is 15.9. The zero-order valence-corrected chi connectivity index (χ0v) is 22.6. The van der Waals surface area contributed by atoms with Crippen LogP contribution in [0.25, 0.3) is 0 Å². The van der Waals surface area contributed by atoms with E-state index in [4.69, 9.17) is 5.73 Å². The third-order valence-corrected chi connectivity index (χ3v) is 8.87. The molecule has 1 aromatic carbocycles. The van der Waals surface area contributed by atoms with Crippen molar-refractivity contribution in [3.05, 3.63) is 28.1 Å². The van der Waals surface area contributed by atoms with E-state index in [0.29, 0.717) is 0 Å². The van der Waals surface area contributed by atoms with Gasteiger partial charge in [0, 0.05) is 29.2 Å². The third-order valence-electron chi connectivity index (χ3n) is 8.87. The van der Waals surface area contributed by atoms with Crippen LogP contribution < -0.4 is 5.73 Å². The fraction of sp³-hybridized carbons (Fsp3) is 0.556. The molecule has 4 aliphatic rings. The molecule has 13 heteroatoms. The number of aromatic hydroxyl groups is 1. The average molecular weight is 559 g/mol. The van der Waals surface area contributed by atoms with Crippen molar-refractivity contribution in [1.29, 1.82) is 0 Å². The highest BCUT2D eigenvalue weighted by molar-refractivity contribution is 6.32. The molecule has 4 N–H and O–H groups in total. The van der Waals surface area contributed by atoms with Crippen LogP contribution in [-0.2, 0) is 43.5 Å². The fourth-order valence-electron chi connectivity index (χ4n) is 7.12. The van der Waals surface area contributed by atoms with Gasteiger partial charge in [-0.15, -0.1) is 0 Å². The Balaban J connectivity index is 1.59. The van der Waals surface area contributed by atoms with E-state index >= 15 is 4.39 Å². The second kappa shape index (κ2) is 9.25. The van der Waals surface area contributed by atoms with Crippen molar-refractivity contribution < 1.29 is 43.4 Å². The minimum Gasteiger partial charge on any atom is -0.507 e. The Kier molecular flexibility index (Phi) is 6.47. The predicted octanol–water partition coefficient (Wildman–Crippen LogP) is -1.59. The molecule has 5 rings (SSSR count). The number of Topliss-reactive ketones (excluding diaryl/α,β-unsaturated/α-hetero) is 4. The summed E-state index contributed by atoms with van der Waals surface area (Å²) in [5, 5.41) is 22.7. The van der Waals surface area contributed by atoms with Gasteiger partial charge in [-0.2, -0.15) is 0 Å². The molecule has 1 heterocycles. The number of benzene rings is 1. The Morgan fingerprint density at radius 2 is 1.68 bits per heavy atom. The summed E-state index contributed by atoms with van der Waals surface area (Å²) in [4.78, 5) is 83.2. The van der Waals surface area contributed by atoms with Crippen LogP contribution in [0.5, 0.6) is 5.75 Å². The lowest BCUT2D eigenvalue weighted by atomic mass is 9.52. The summed E-state index contributed by atoms with van der Waals surface area (Å²) in [6.45, 7) is -0.178. The van der Waals surface area contributed by atoms with E-state index in [1.807, 2.05) is 0 Å². The number of hydrogen-bond donors (Lipinski definition) is 3. The maximum Gasteiger partial charge on any atom is 0.237 e. The Morgan fingerprint density at radius 1 is 1.05 bits per heavy atom. The van der Waals surface area contributed by atoms with Gasteiger partial charge in [0.05, 0.1) is 30.6 Å². The van der Waals surface area contributed by atoms with Crippen LogP contribution in [0.1, 0.15) is 33.5 Å². The van der Waals surface area contributed by atoms with Crippen molar-refractivity contribution in [2.24, 2.45) is 29.4 Å². The van der Waals surface area contributed by atoms with Crippen molar-refractivity contribution in [2.75, 3.05) is 34.7 Å². The molecule has 0 bridgehead atoms. The fourth-order valence-corrected chi connectivity index (χ4v) is 7.12. The normalized spacial score (nSPS) is 31.3. The molecule has 6 atom stereocenters. The Morgan fingerprint density at radius 3 is 2.25 bits per heavy atom. The molecule has 2 fully saturated rings. The number of phenols is 1. The Bertz CT molecular complexity index is 1410. The highest BCUT2D eigenvalue weighted by atomic mass is 19.1. The van der Waals surface area contributed by atoms with Gasteiger partial charge in [-0.3, -0.25) is 33.7 Å². The van der Waals surface area contributed by atoms with Crippen LogP contribution in [0.2, 0.25) is 0 Å². The summed E-state index contributed by atoms with van der Waals surface area (Å²) in [7, 11) is 6.37. The molecule has 214 valence electrons. The van der Waals surface area contributed by atoms with Gasteiger partial charge in [-0.1, -0.05) is 0 Å². The summed E-state index contributed by atoms with van der Waals surface area (Å²) in [5.74, 6) is -13.1. The maximum absolute atomic E-state index is 15.9. The number of fused-ring (bicyclic) bond motifs is 4. The molecule has 40 heavy (non-hydrogen) atoms. The van der Waals surface area contributed by atoms with Gasteiger partial charge in [0.25, 0.3) is 0 Å². The van der Waals surface area contributed by atoms with E-state index in [0.717, 1.165) is 0 Å². The summed E-state index contributed by atoms with van der Waals surface area (Å²) in [5.41, 5.74) is 2.10. The molecule has 1 aromatic rings. The van der Waals surface area contributed by atoms with Gasteiger partial charge in [-0.25, -0.2) is 4.39 Å². The largest absolute Gasteiger partial charge is 0.507 e. The zero-order chi connectivity index (χ0) is 29.6. The van der Waals surface area contributed by atoms with Crippen molar-refractivity contribution in [3.8, 4) is 5.75 Å². The second-order valence-electron chi connectivity index (χ2n) is 11.8. The highest BCUT2D eigenvalue weighted by Crippen LogP contribution is 2.52.